The van der Waals surface area contributed by atoms with Crippen LogP contribution in [-0.4, -0.2) is 60.2 Å². The summed E-state index contributed by atoms with van der Waals surface area (Å²) < 4.78 is 26.2. The molecule has 0 saturated carbocycles. The number of nitrogens with zero attached hydrogens (tertiary/aromatic N) is 2. The first kappa shape index (κ1) is 22.8. The molecule has 36 heavy (non-hydrogen) atoms. The van der Waals surface area contributed by atoms with Crippen LogP contribution in [0.4, 0.5) is 15.8 Å². The second-order valence-corrected chi connectivity index (χ2v) is 9.67. The number of aromatic amines is 1. The highest BCUT2D eigenvalue weighted by Crippen LogP contribution is 2.44. The maximum atomic E-state index is 14.5. The third kappa shape index (κ3) is 3.97. The second kappa shape index (κ2) is 9.46. The van der Waals surface area contributed by atoms with Crippen LogP contribution in [0.15, 0.2) is 36.7 Å². The Bertz CT molecular complexity index is 1290. The van der Waals surface area contributed by atoms with Crippen LogP contribution in [0.2, 0.25) is 0 Å². The van der Waals surface area contributed by atoms with E-state index in [-0.39, 0.29) is 17.6 Å². The Morgan fingerprint density at radius 1 is 1.22 bits per heavy atom. The number of hydrogen-bond acceptors (Lipinski definition) is 6. The molecule has 6 rings (SSSR count). The summed E-state index contributed by atoms with van der Waals surface area (Å²) in [4.78, 5) is 23.6. The van der Waals surface area contributed by atoms with Crippen molar-refractivity contribution >= 4 is 17.3 Å². The molecule has 3 aromatic rings. The van der Waals surface area contributed by atoms with E-state index < -0.39 is 5.82 Å². The van der Waals surface area contributed by atoms with Gasteiger partial charge in [0.05, 0.1) is 35.9 Å². The van der Waals surface area contributed by atoms with E-state index >= 15 is 0 Å². The standard InChI is InChI=1S/C27H30FN5O3/c1-35-26-19(28)7-2-8-20(26)31-25-22-23-16(13-30-27(22)34)5-3-11-33-12-4-6-17(33)15-36-21-14-29-10-9-18(21)24(25)32-23/h2,7-10,14,16-17,31-32H,3-6,11-13,15H2,1H3,(H,30,34)/t16-,17-/m0/s1. The van der Waals surface area contributed by atoms with Crippen molar-refractivity contribution in [2.24, 2.45) is 0 Å². The third-order valence-electron chi connectivity index (χ3n) is 7.59. The molecule has 0 aliphatic carbocycles. The molecule has 1 fully saturated rings. The maximum absolute atomic E-state index is 14.5. The number of benzene rings is 1. The van der Waals surface area contributed by atoms with Gasteiger partial charge in [-0.15, -0.1) is 0 Å². The van der Waals surface area contributed by atoms with E-state index in [2.05, 4.69) is 25.5 Å². The molecule has 3 aliphatic rings. The molecule has 3 N–H and O–H groups in total. The molecule has 1 saturated heterocycles. The Morgan fingerprint density at radius 2 is 2.08 bits per heavy atom. The van der Waals surface area contributed by atoms with E-state index in [0.29, 0.717) is 47.6 Å². The molecule has 9 heteroatoms. The number of para-hydroxylation sites is 1. The van der Waals surface area contributed by atoms with Crippen LogP contribution < -0.4 is 20.1 Å². The highest BCUT2D eigenvalue weighted by Gasteiger charge is 2.34. The van der Waals surface area contributed by atoms with Gasteiger partial charge in [-0.1, -0.05) is 6.07 Å². The average Bonchev–Trinajstić information content (AvgIpc) is 3.49. The summed E-state index contributed by atoms with van der Waals surface area (Å²) in [5.41, 5.74) is 3.97. The summed E-state index contributed by atoms with van der Waals surface area (Å²) in [7, 11) is 1.43. The molecule has 188 valence electrons. The number of pyridine rings is 1. The molecular weight excluding hydrogens is 461 g/mol. The molecule has 2 bridgehead atoms. The number of hydrogen-bond donors (Lipinski definition) is 3. The Kier molecular flexibility index (Phi) is 6.00. The Morgan fingerprint density at radius 3 is 2.94 bits per heavy atom. The molecule has 3 aliphatic heterocycles. The van der Waals surface area contributed by atoms with E-state index in [9.17, 15) is 9.18 Å². The first-order chi connectivity index (χ1) is 17.6. The lowest BCUT2D eigenvalue weighted by atomic mass is 9.92. The summed E-state index contributed by atoms with van der Waals surface area (Å²) >= 11 is 0. The molecule has 1 amide bonds. The zero-order valence-electron chi connectivity index (χ0n) is 20.3. The zero-order valence-corrected chi connectivity index (χ0v) is 20.3. The molecule has 5 heterocycles. The molecule has 2 atom stereocenters. The summed E-state index contributed by atoms with van der Waals surface area (Å²) in [5, 5.41) is 6.40. The smallest absolute Gasteiger partial charge is 0.255 e. The number of nitrogens with one attached hydrogen (secondary N) is 3. The topological polar surface area (TPSA) is 91.5 Å². The number of methoxy groups -OCH3 is 1. The van der Waals surface area contributed by atoms with E-state index in [4.69, 9.17) is 9.47 Å². The van der Waals surface area contributed by atoms with Crippen LogP contribution in [-0.2, 0) is 0 Å². The number of fused-ring (bicyclic) bond motifs is 4. The van der Waals surface area contributed by atoms with Crippen molar-refractivity contribution in [3.8, 4) is 22.8 Å². The van der Waals surface area contributed by atoms with Gasteiger partial charge < -0.3 is 25.1 Å². The monoisotopic (exact) mass is 491 g/mol. The minimum atomic E-state index is -0.480. The van der Waals surface area contributed by atoms with Crippen molar-refractivity contribution in [1.29, 1.82) is 0 Å². The number of ether oxygens (including phenoxy) is 2. The number of H-pyrrole nitrogens is 1. The molecule has 0 spiro atoms. The number of halogens is 1. The lowest BCUT2D eigenvalue weighted by Crippen LogP contribution is -2.37. The van der Waals surface area contributed by atoms with Gasteiger partial charge in [0.25, 0.3) is 5.91 Å². The van der Waals surface area contributed by atoms with Gasteiger partial charge in [-0.3, -0.25) is 14.7 Å². The first-order valence-corrected chi connectivity index (χ1v) is 12.6. The van der Waals surface area contributed by atoms with Crippen LogP contribution >= 0.6 is 0 Å². The van der Waals surface area contributed by atoms with E-state index in [1.807, 2.05) is 6.07 Å². The number of anilines is 2. The van der Waals surface area contributed by atoms with Crippen LogP contribution in [0.1, 0.15) is 47.7 Å². The highest BCUT2D eigenvalue weighted by atomic mass is 19.1. The maximum Gasteiger partial charge on any atom is 0.255 e. The van der Waals surface area contributed by atoms with E-state index in [0.717, 1.165) is 43.6 Å². The Labute approximate surface area is 209 Å². The number of carbonyl (C=O) groups excluding carboxylic acids is 1. The minimum absolute atomic E-state index is 0.0908. The zero-order chi connectivity index (χ0) is 24.6. The normalized spacial score (nSPS) is 21.7. The largest absolute Gasteiger partial charge is 0.492 e. The quantitative estimate of drug-likeness (QED) is 0.502. The van der Waals surface area contributed by atoms with Crippen molar-refractivity contribution in [2.75, 3.05) is 38.7 Å². The number of carbonyl (C=O) groups is 1. The highest BCUT2D eigenvalue weighted by molar-refractivity contribution is 6.07. The third-order valence-corrected chi connectivity index (χ3v) is 7.59. The fourth-order valence-corrected chi connectivity index (χ4v) is 5.80. The summed E-state index contributed by atoms with van der Waals surface area (Å²) in [6, 6.07) is 6.97. The number of rotatable bonds is 3. The Balaban J connectivity index is 1.51. The first-order valence-electron chi connectivity index (χ1n) is 12.6. The second-order valence-electron chi connectivity index (χ2n) is 9.67. The van der Waals surface area contributed by atoms with Gasteiger partial charge in [0.2, 0.25) is 0 Å². The average molecular weight is 492 g/mol. The Hall–Kier alpha value is -3.59. The van der Waals surface area contributed by atoms with E-state index in [1.165, 1.54) is 19.6 Å². The predicted octanol–water partition coefficient (Wildman–Crippen LogP) is 4.43. The van der Waals surface area contributed by atoms with Crippen molar-refractivity contribution in [1.82, 2.24) is 20.2 Å². The van der Waals surface area contributed by atoms with Crippen molar-refractivity contribution in [2.45, 2.75) is 37.6 Å². The summed E-state index contributed by atoms with van der Waals surface area (Å²) in [6.45, 7) is 3.27. The van der Waals surface area contributed by atoms with Gasteiger partial charge in [-0.2, -0.15) is 0 Å². The lowest BCUT2D eigenvalue weighted by molar-refractivity contribution is 0.0939. The molecule has 0 radical (unpaired) electrons. The molecule has 2 aromatic heterocycles. The fourth-order valence-electron chi connectivity index (χ4n) is 5.80. The van der Waals surface area contributed by atoms with Crippen LogP contribution in [0.5, 0.6) is 11.5 Å². The lowest BCUT2D eigenvalue weighted by Gasteiger charge is -2.27. The van der Waals surface area contributed by atoms with Crippen LogP contribution in [0, 0.1) is 5.82 Å². The van der Waals surface area contributed by atoms with Crippen molar-refractivity contribution in [3.05, 3.63) is 53.7 Å². The number of aromatic nitrogens is 2. The van der Waals surface area contributed by atoms with Crippen LogP contribution in [0.25, 0.3) is 11.3 Å². The van der Waals surface area contributed by atoms with Gasteiger partial charge in [0.15, 0.2) is 11.6 Å². The fraction of sp³-hybridized carbons (Fsp3) is 0.407. The van der Waals surface area contributed by atoms with Gasteiger partial charge in [-0.25, -0.2) is 4.39 Å². The minimum Gasteiger partial charge on any atom is -0.492 e. The van der Waals surface area contributed by atoms with E-state index in [1.54, 1.807) is 24.5 Å². The van der Waals surface area contributed by atoms with Gasteiger partial charge >= 0.3 is 0 Å². The molecule has 8 nitrogen and oxygen atoms in total. The number of amides is 1. The summed E-state index contributed by atoms with van der Waals surface area (Å²) in [5.74, 6) is 0.243. The molecule has 0 unspecified atom stereocenters. The van der Waals surface area contributed by atoms with Gasteiger partial charge in [-0.05, 0) is 57.0 Å². The van der Waals surface area contributed by atoms with Crippen molar-refractivity contribution < 1.29 is 18.7 Å². The van der Waals surface area contributed by atoms with Crippen LogP contribution in [0.3, 0.4) is 0 Å². The van der Waals surface area contributed by atoms with Gasteiger partial charge in [0, 0.05) is 36.0 Å². The predicted molar refractivity (Wildman–Crippen MR) is 135 cm³/mol. The molecular formula is C27H30FN5O3. The van der Waals surface area contributed by atoms with Gasteiger partial charge in [0.1, 0.15) is 12.4 Å². The summed E-state index contributed by atoms with van der Waals surface area (Å²) in [6.07, 6.45) is 7.71. The van der Waals surface area contributed by atoms with Crippen molar-refractivity contribution in [3.63, 3.8) is 0 Å². The molecule has 1 aromatic carbocycles. The SMILES string of the molecule is COc1c(F)cccc1Nc1c2[nH]c3c1C(=O)NC[C@@H]3CCCN1CCC[C@H]1COc1cnccc1-2.